The van der Waals surface area contributed by atoms with Gasteiger partial charge in [0.2, 0.25) is 5.91 Å². The molecule has 0 spiro atoms. The summed E-state index contributed by atoms with van der Waals surface area (Å²) >= 11 is 0. The number of amides is 1. The summed E-state index contributed by atoms with van der Waals surface area (Å²) in [6.07, 6.45) is 0. The van der Waals surface area contributed by atoms with Gasteiger partial charge in [-0.2, -0.15) is 0 Å². The van der Waals surface area contributed by atoms with Crippen LogP contribution < -0.4 is 5.73 Å². The third-order valence-corrected chi connectivity index (χ3v) is 4.56. The summed E-state index contributed by atoms with van der Waals surface area (Å²) in [6.45, 7) is 0.195. The highest BCUT2D eigenvalue weighted by atomic mass is 32.2. The smallest absolute Gasteiger partial charge is 0.236 e. The average molecular weight is 249 g/mol. The second-order valence-corrected chi connectivity index (χ2v) is 6.67. The molecule has 2 atom stereocenters. The molecule has 0 aromatic heterocycles. The van der Waals surface area contributed by atoms with E-state index in [0.717, 1.165) is 0 Å². The van der Waals surface area contributed by atoms with Crippen molar-refractivity contribution < 1.29 is 13.2 Å². The van der Waals surface area contributed by atoms with E-state index in [-0.39, 0.29) is 30.0 Å². The summed E-state index contributed by atoms with van der Waals surface area (Å²) < 4.78 is 22.7. The Kier molecular flexibility index (Phi) is 3.92. The van der Waals surface area contributed by atoms with Gasteiger partial charge in [-0.15, -0.1) is 0 Å². The van der Waals surface area contributed by atoms with E-state index in [4.69, 9.17) is 5.73 Å². The first kappa shape index (κ1) is 13.4. The molecule has 1 saturated heterocycles. The summed E-state index contributed by atoms with van der Waals surface area (Å²) in [5.74, 6) is 0.00258. The minimum absolute atomic E-state index is 0.0121. The Labute approximate surface area is 96.3 Å². The van der Waals surface area contributed by atoms with Crippen molar-refractivity contribution in [3.8, 4) is 0 Å². The zero-order valence-corrected chi connectivity index (χ0v) is 10.7. The molecule has 0 aromatic carbocycles. The lowest BCUT2D eigenvalue weighted by Gasteiger charge is -2.26. The first-order valence-electron chi connectivity index (χ1n) is 5.09. The van der Waals surface area contributed by atoms with Crippen molar-refractivity contribution in [2.45, 2.75) is 12.1 Å². The van der Waals surface area contributed by atoms with E-state index in [9.17, 15) is 13.2 Å². The number of sulfone groups is 1. The molecule has 1 fully saturated rings. The van der Waals surface area contributed by atoms with E-state index in [2.05, 4.69) is 0 Å². The number of carbonyl (C=O) groups is 1. The van der Waals surface area contributed by atoms with Gasteiger partial charge in [-0.3, -0.25) is 9.69 Å². The molecule has 2 unspecified atom stereocenters. The zero-order valence-electron chi connectivity index (χ0n) is 9.88. The fourth-order valence-corrected chi connectivity index (χ4v) is 3.75. The Morgan fingerprint density at radius 1 is 1.31 bits per heavy atom. The van der Waals surface area contributed by atoms with Crippen molar-refractivity contribution in [2.75, 3.05) is 39.2 Å². The topological polar surface area (TPSA) is 83.7 Å². The molecule has 7 heteroatoms. The molecular formula is C9H19N3O3S. The zero-order chi connectivity index (χ0) is 12.5. The lowest BCUT2D eigenvalue weighted by molar-refractivity contribution is -0.130. The minimum atomic E-state index is -3.04. The molecule has 1 rings (SSSR count). The predicted molar refractivity (Wildman–Crippen MR) is 61.7 cm³/mol. The fraction of sp³-hybridized carbons (Fsp3) is 0.889. The van der Waals surface area contributed by atoms with Gasteiger partial charge >= 0.3 is 0 Å². The Morgan fingerprint density at radius 3 is 2.25 bits per heavy atom. The molecule has 0 saturated carbocycles. The maximum atomic E-state index is 11.5. The SMILES string of the molecule is CN(C)C(=O)CN(C)C1CS(=O)(=O)CC1N. The third kappa shape index (κ3) is 3.16. The quantitative estimate of drug-likeness (QED) is 0.633. The van der Waals surface area contributed by atoms with Gasteiger partial charge in [-0.25, -0.2) is 8.42 Å². The molecule has 1 aliphatic rings. The Morgan fingerprint density at radius 2 is 1.88 bits per heavy atom. The Bertz CT molecular complexity index is 366. The van der Waals surface area contributed by atoms with Crippen LogP contribution in [0.2, 0.25) is 0 Å². The van der Waals surface area contributed by atoms with Gasteiger partial charge < -0.3 is 10.6 Å². The highest BCUT2D eigenvalue weighted by Gasteiger charge is 2.38. The second-order valence-electron chi connectivity index (χ2n) is 4.51. The van der Waals surface area contributed by atoms with Gasteiger partial charge in [-0.05, 0) is 7.05 Å². The minimum Gasteiger partial charge on any atom is -0.348 e. The van der Waals surface area contributed by atoms with Crippen molar-refractivity contribution in [2.24, 2.45) is 5.73 Å². The van der Waals surface area contributed by atoms with E-state index < -0.39 is 15.9 Å². The molecule has 0 bridgehead atoms. The fourth-order valence-electron chi connectivity index (χ4n) is 1.78. The molecule has 1 aliphatic heterocycles. The molecule has 1 heterocycles. The van der Waals surface area contributed by atoms with E-state index in [1.54, 1.807) is 26.0 Å². The third-order valence-electron chi connectivity index (χ3n) is 2.81. The molecule has 94 valence electrons. The van der Waals surface area contributed by atoms with Gasteiger partial charge in [0.05, 0.1) is 18.1 Å². The highest BCUT2D eigenvalue weighted by Crippen LogP contribution is 2.15. The van der Waals surface area contributed by atoms with E-state index in [0.29, 0.717) is 0 Å². The first-order chi connectivity index (χ1) is 7.23. The first-order valence-corrected chi connectivity index (χ1v) is 6.91. The van der Waals surface area contributed by atoms with Crippen LogP contribution in [0, 0.1) is 0 Å². The summed E-state index contributed by atoms with van der Waals surface area (Å²) in [5.41, 5.74) is 5.76. The molecule has 2 N–H and O–H groups in total. The van der Waals surface area contributed by atoms with Crippen LogP contribution in [-0.4, -0.2) is 75.4 Å². The predicted octanol–water partition coefficient (Wildman–Crippen LogP) is -1.87. The number of nitrogens with two attached hydrogens (primary N) is 1. The van der Waals surface area contributed by atoms with Crippen LogP contribution in [0.15, 0.2) is 0 Å². The van der Waals surface area contributed by atoms with Crippen molar-refractivity contribution in [3.05, 3.63) is 0 Å². The summed E-state index contributed by atoms with van der Waals surface area (Å²) in [7, 11) is 2.03. The van der Waals surface area contributed by atoms with E-state index in [1.807, 2.05) is 0 Å². The highest BCUT2D eigenvalue weighted by molar-refractivity contribution is 7.91. The molecule has 6 nitrogen and oxygen atoms in total. The van der Waals surface area contributed by atoms with Crippen LogP contribution in [-0.2, 0) is 14.6 Å². The van der Waals surface area contributed by atoms with Gasteiger partial charge in [0, 0.05) is 26.2 Å². The molecule has 0 aromatic rings. The van der Waals surface area contributed by atoms with Gasteiger partial charge in [0.1, 0.15) is 0 Å². The molecular weight excluding hydrogens is 230 g/mol. The summed E-state index contributed by atoms with van der Waals surface area (Å²) in [6, 6.07) is -0.654. The largest absolute Gasteiger partial charge is 0.348 e. The number of likely N-dealkylation sites (N-methyl/N-ethyl adjacent to an activating group) is 2. The summed E-state index contributed by atoms with van der Waals surface area (Å²) in [4.78, 5) is 14.7. The number of rotatable bonds is 3. The van der Waals surface area contributed by atoms with E-state index in [1.165, 1.54) is 4.90 Å². The van der Waals surface area contributed by atoms with Crippen LogP contribution in [0.4, 0.5) is 0 Å². The van der Waals surface area contributed by atoms with Crippen LogP contribution >= 0.6 is 0 Å². The maximum Gasteiger partial charge on any atom is 0.236 e. The van der Waals surface area contributed by atoms with Crippen molar-refractivity contribution in [1.82, 2.24) is 9.80 Å². The number of hydrogen-bond acceptors (Lipinski definition) is 5. The monoisotopic (exact) mass is 249 g/mol. The maximum absolute atomic E-state index is 11.5. The van der Waals surface area contributed by atoms with Crippen LogP contribution in [0.3, 0.4) is 0 Å². The number of nitrogens with zero attached hydrogens (tertiary/aromatic N) is 2. The van der Waals surface area contributed by atoms with Crippen molar-refractivity contribution in [1.29, 1.82) is 0 Å². The number of carbonyl (C=O) groups excluding carboxylic acids is 1. The lowest BCUT2D eigenvalue weighted by atomic mass is 10.1. The van der Waals surface area contributed by atoms with Gasteiger partial charge in [-0.1, -0.05) is 0 Å². The standard InChI is InChI=1S/C9H19N3O3S/c1-11(2)9(13)4-12(3)8-6-16(14,15)5-7(8)10/h7-8H,4-6,10H2,1-3H3. The van der Waals surface area contributed by atoms with Crippen molar-refractivity contribution >= 4 is 15.7 Å². The van der Waals surface area contributed by atoms with Crippen LogP contribution in [0.5, 0.6) is 0 Å². The molecule has 0 radical (unpaired) electrons. The average Bonchev–Trinajstić information content (AvgIpc) is 2.39. The van der Waals surface area contributed by atoms with Crippen LogP contribution in [0.25, 0.3) is 0 Å². The lowest BCUT2D eigenvalue weighted by Crippen LogP contribution is -2.48. The molecule has 1 amide bonds. The second kappa shape index (κ2) is 4.68. The molecule has 0 aliphatic carbocycles. The normalized spacial score (nSPS) is 28.3. The van der Waals surface area contributed by atoms with E-state index >= 15 is 0 Å². The Hall–Kier alpha value is -0.660. The summed E-state index contributed by atoms with van der Waals surface area (Å²) in [5, 5.41) is 0. The van der Waals surface area contributed by atoms with Gasteiger partial charge in [0.15, 0.2) is 9.84 Å². The van der Waals surface area contributed by atoms with Crippen LogP contribution in [0.1, 0.15) is 0 Å². The Balaban J connectivity index is 2.62. The van der Waals surface area contributed by atoms with Gasteiger partial charge in [0.25, 0.3) is 0 Å². The molecule has 16 heavy (non-hydrogen) atoms. The van der Waals surface area contributed by atoms with Crippen molar-refractivity contribution in [3.63, 3.8) is 0 Å². The number of hydrogen-bond donors (Lipinski definition) is 1.